The zero-order valence-electron chi connectivity index (χ0n) is 13.2. The lowest BCUT2D eigenvalue weighted by Crippen LogP contribution is -2.41. The van der Waals surface area contributed by atoms with Gasteiger partial charge in [-0.1, -0.05) is 24.3 Å². The third-order valence-corrected chi connectivity index (χ3v) is 4.93. The fraction of sp³-hybridized carbons (Fsp3) is 0.444. The van der Waals surface area contributed by atoms with Crippen LogP contribution in [0.1, 0.15) is 41.4 Å². The van der Waals surface area contributed by atoms with Gasteiger partial charge in [-0.3, -0.25) is 9.69 Å². The highest BCUT2D eigenvalue weighted by molar-refractivity contribution is 5.78. The van der Waals surface area contributed by atoms with Gasteiger partial charge in [-0.05, 0) is 30.4 Å². The van der Waals surface area contributed by atoms with Crippen LogP contribution in [0.5, 0.6) is 0 Å². The molecule has 0 radical (unpaired) electrons. The highest BCUT2D eigenvalue weighted by atomic mass is 16.2. The second kappa shape index (κ2) is 6.16. The first-order valence-electron chi connectivity index (χ1n) is 8.40. The highest BCUT2D eigenvalue weighted by Gasteiger charge is 2.24. The van der Waals surface area contributed by atoms with E-state index in [1.807, 2.05) is 0 Å². The number of aryl methyl sites for hydroxylation is 1. The summed E-state index contributed by atoms with van der Waals surface area (Å²) in [6.45, 7) is 2.13. The minimum atomic E-state index is 0.120. The summed E-state index contributed by atoms with van der Waals surface area (Å²) in [7, 11) is 0. The predicted octanol–water partition coefficient (Wildman–Crippen LogP) is 1.96. The molecule has 1 amide bonds. The van der Waals surface area contributed by atoms with Crippen molar-refractivity contribution >= 4 is 5.91 Å². The van der Waals surface area contributed by atoms with Crippen LogP contribution in [0.4, 0.5) is 0 Å². The van der Waals surface area contributed by atoms with Gasteiger partial charge in [0.05, 0.1) is 30.3 Å². The summed E-state index contributed by atoms with van der Waals surface area (Å²) in [5.41, 5.74) is 4.96. The van der Waals surface area contributed by atoms with Crippen molar-refractivity contribution in [2.75, 3.05) is 13.1 Å². The molecule has 1 aliphatic carbocycles. The molecule has 0 saturated carbocycles. The van der Waals surface area contributed by atoms with Gasteiger partial charge in [0.15, 0.2) is 0 Å². The molecule has 120 valence electrons. The van der Waals surface area contributed by atoms with Crippen molar-refractivity contribution in [2.24, 2.45) is 0 Å². The van der Waals surface area contributed by atoms with E-state index in [0.717, 1.165) is 50.2 Å². The topological polar surface area (TPSA) is 61.0 Å². The maximum absolute atomic E-state index is 12.5. The Morgan fingerprint density at radius 2 is 2.26 bits per heavy atom. The van der Waals surface area contributed by atoms with Gasteiger partial charge in [0.2, 0.25) is 5.91 Å². The largest absolute Gasteiger partial charge is 0.348 e. The van der Waals surface area contributed by atoms with Gasteiger partial charge in [0, 0.05) is 19.5 Å². The monoisotopic (exact) mass is 310 g/mol. The maximum Gasteiger partial charge on any atom is 0.234 e. The molecule has 1 aromatic heterocycles. The van der Waals surface area contributed by atoms with Crippen molar-refractivity contribution in [1.29, 1.82) is 0 Å². The Kier molecular flexibility index (Phi) is 3.87. The Hall–Kier alpha value is -2.14. The number of fused-ring (bicyclic) bond motifs is 2. The lowest BCUT2D eigenvalue weighted by molar-refractivity contribution is -0.123. The molecule has 1 unspecified atom stereocenters. The Morgan fingerprint density at radius 1 is 1.35 bits per heavy atom. The molecule has 1 aliphatic heterocycles. The fourth-order valence-corrected chi connectivity index (χ4v) is 3.75. The number of aromatic nitrogens is 2. The molecule has 2 aliphatic rings. The fourth-order valence-electron chi connectivity index (χ4n) is 3.75. The van der Waals surface area contributed by atoms with Gasteiger partial charge >= 0.3 is 0 Å². The number of rotatable bonds is 3. The van der Waals surface area contributed by atoms with Gasteiger partial charge in [-0.2, -0.15) is 0 Å². The standard InChI is InChI=1S/C18H22N4O/c23-18(11-22-9-8-16-17(10-22)20-12-19-16)21-15-7-3-5-13-4-1-2-6-14(13)15/h1-2,4,6,12,15H,3,5,7-11H2,(H,19,20)(H,21,23). The maximum atomic E-state index is 12.5. The molecular formula is C18H22N4O. The van der Waals surface area contributed by atoms with E-state index < -0.39 is 0 Å². The molecule has 2 aromatic rings. The minimum absolute atomic E-state index is 0.120. The van der Waals surface area contributed by atoms with Crippen molar-refractivity contribution in [3.8, 4) is 0 Å². The van der Waals surface area contributed by atoms with Crippen LogP contribution in [0.2, 0.25) is 0 Å². The summed E-state index contributed by atoms with van der Waals surface area (Å²) in [5, 5.41) is 3.23. The number of hydrogen-bond acceptors (Lipinski definition) is 3. The van der Waals surface area contributed by atoms with E-state index in [0.29, 0.717) is 6.54 Å². The number of hydrogen-bond donors (Lipinski definition) is 2. The number of benzene rings is 1. The van der Waals surface area contributed by atoms with Crippen molar-refractivity contribution in [3.63, 3.8) is 0 Å². The summed E-state index contributed by atoms with van der Waals surface area (Å²) >= 11 is 0. The SMILES string of the molecule is O=C(CN1CCc2nc[nH]c2C1)NC1CCCc2ccccc21. The Bertz CT molecular complexity index is 709. The van der Waals surface area contributed by atoms with Crippen LogP contribution in [-0.4, -0.2) is 33.9 Å². The average Bonchev–Trinajstić information content (AvgIpc) is 3.03. The molecule has 4 rings (SSSR count). The Morgan fingerprint density at radius 3 is 3.22 bits per heavy atom. The van der Waals surface area contributed by atoms with Crippen LogP contribution < -0.4 is 5.32 Å². The summed E-state index contributed by atoms with van der Waals surface area (Å²) in [6.07, 6.45) is 5.96. The highest BCUT2D eigenvalue weighted by Crippen LogP contribution is 2.29. The first-order chi connectivity index (χ1) is 11.3. The molecule has 0 saturated heterocycles. The molecule has 1 atom stereocenters. The second-order valence-electron chi connectivity index (χ2n) is 6.50. The Balaban J connectivity index is 1.38. The molecule has 23 heavy (non-hydrogen) atoms. The van der Waals surface area contributed by atoms with Crippen LogP contribution in [0.25, 0.3) is 0 Å². The van der Waals surface area contributed by atoms with E-state index >= 15 is 0 Å². The number of aromatic amines is 1. The van der Waals surface area contributed by atoms with Crippen molar-refractivity contribution in [3.05, 3.63) is 53.1 Å². The van der Waals surface area contributed by atoms with Crippen LogP contribution in [0, 0.1) is 0 Å². The number of carbonyl (C=O) groups excluding carboxylic acids is 1. The number of carbonyl (C=O) groups is 1. The lowest BCUT2D eigenvalue weighted by atomic mass is 9.88. The third-order valence-electron chi connectivity index (χ3n) is 4.93. The average molecular weight is 310 g/mol. The summed E-state index contributed by atoms with van der Waals surface area (Å²) in [4.78, 5) is 22.1. The van der Waals surface area contributed by atoms with E-state index in [9.17, 15) is 4.79 Å². The second-order valence-corrected chi connectivity index (χ2v) is 6.50. The Labute approximate surface area is 136 Å². The van der Waals surface area contributed by atoms with Gasteiger partial charge in [0.25, 0.3) is 0 Å². The molecule has 5 nitrogen and oxygen atoms in total. The quantitative estimate of drug-likeness (QED) is 0.911. The number of imidazole rings is 1. The van der Waals surface area contributed by atoms with Crippen molar-refractivity contribution < 1.29 is 4.79 Å². The first kappa shape index (κ1) is 14.5. The number of nitrogens with one attached hydrogen (secondary N) is 2. The van der Waals surface area contributed by atoms with Crippen molar-refractivity contribution in [1.82, 2.24) is 20.2 Å². The third kappa shape index (κ3) is 3.01. The summed E-state index contributed by atoms with van der Waals surface area (Å²) < 4.78 is 0. The number of H-pyrrole nitrogens is 1. The molecule has 2 N–H and O–H groups in total. The molecule has 0 spiro atoms. The molecule has 0 bridgehead atoms. The van der Waals surface area contributed by atoms with E-state index in [1.165, 1.54) is 11.1 Å². The summed E-state index contributed by atoms with van der Waals surface area (Å²) in [5.74, 6) is 0.120. The summed E-state index contributed by atoms with van der Waals surface area (Å²) in [6, 6.07) is 8.64. The smallest absolute Gasteiger partial charge is 0.234 e. The molecular weight excluding hydrogens is 288 g/mol. The van der Waals surface area contributed by atoms with E-state index in [1.54, 1.807) is 6.33 Å². The minimum Gasteiger partial charge on any atom is -0.348 e. The van der Waals surface area contributed by atoms with E-state index in [-0.39, 0.29) is 11.9 Å². The van der Waals surface area contributed by atoms with Gasteiger partial charge < -0.3 is 10.3 Å². The normalized spacial score (nSPS) is 20.6. The van der Waals surface area contributed by atoms with Gasteiger partial charge in [-0.15, -0.1) is 0 Å². The van der Waals surface area contributed by atoms with Crippen LogP contribution in [0.15, 0.2) is 30.6 Å². The van der Waals surface area contributed by atoms with Crippen LogP contribution in [-0.2, 0) is 24.2 Å². The first-order valence-corrected chi connectivity index (χ1v) is 8.40. The van der Waals surface area contributed by atoms with Crippen LogP contribution >= 0.6 is 0 Å². The van der Waals surface area contributed by atoms with Gasteiger partial charge in [-0.25, -0.2) is 4.98 Å². The van der Waals surface area contributed by atoms with Crippen LogP contribution in [0.3, 0.4) is 0 Å². The number of amides is 1. The molecule has 2 heterocycles. The van der Waals surface area contributed by atoms with E-state index in [4.69, 9.17) is 0 Å². The molecule has 1 aromatic carbocycles. The zero-order chi connectivity index (χ0) is 15.6. The zero-order valence-corrected chi connectivity index (χ0v) is 13.2. The van der Waals surface area contributed by atoms with Crippen molar-refractivity contribution in [2.45, 2.75) is 38.3 Å². The molecule has 0 fully saturated rings. The lowest BCUT2D eigenvalue weighted by Gasteiger charge is -2.29. The van der Waals surface area contributed by atoms with Gasteiger partial charge in [0.1, 0.15) is 0 Å². The molecule has 5 heteroatoms. The predicted molar refractivity (Wildman–Crippen MR) is 87.8 cm³/mol. The van der Waals surface area contributed by atoms with E-state index in [2.05, 4.69) is 44.5 Å². The number of nitrogens with zero attached hydrogens (tertiary/aromatic N) is 2.